The summed E-state index contributed by atoms with van der Waals surface area (Å²) < 4.78 is 5.55. The number of benzene rings is 1. The molecule has 1 amide bonds. The van der Waals surface area contributed by atoms with E-state index in [2.05, 4.69) is 5.32 Å². The molecule has 1 saturated heterocycles. The predicted octanol–water partition coefficient (Wildman–Crippen LogP) is 2.22. The highest BCUT2D eigenvalue weighted by Gasteiger charge is 2.17. The van der Waals surface area contributed by atoms with Crippen LogP contribution in [0.2, 0.25) is 0 Å². The van der Waals surface area contributed by atoms with E-state index in [4.69, 9.17) is 22.7 Å². The minimum absolute atomic E-state index is 0.0352. The van der Waals surface area contributed by atoms with Crippen molar-refractivity contribution in [1.29, 1.82) is 0 Å². The van der Waals surface area contributed by atoms with Crippen molar-refractivity contribution in [2.75, 3.05) is 11.9 Å². The number of nitrogens with two attached hydrogens (primary N) is 1. The quantitative estimate of drug-likeness (QED) is 0.829. The van der Waals surface area contributed by atoms with Gasteiger partial charge in [0.05, 0.1) is 12.5 Å². The summed E-state index contributed by atoms with van der Waals surface area (Å²) in [6.07, 6.45) is 3.63. The molecule has 1 aliphatic heterocycles. The molecular formula is C14H18N2O2S. The Balaban J connectivity index is 1.90. The molecule has 0 saturated carbocycles. The van der Waals surface area contributed by atoms with Gasteiger partial charge >= 0.3 is 0 Å². The molecule has 1 aromatic carbocycles. The van der Waals surface area contributed by atoms with E-state index in [9.17, 15) is 4.79 Å². The summed E-state index contributed by atoms with van der Waals surface area (Å²) in [5.74, 6) is -0.0352. The fraction of sp³-hybridized carbons (Fsp3) is 0.429. The molecule has 0 aromatic heterocycles. The highest BCUT2D eigenvalue weighted by atomic mass is 32.1. The first-order valence-electron chi connectivity index (χ1n) is 6.46. The van der Waals surface area contributed by atoms with E-state index >= 15 is 0 Å². The largest absolute Gasteiger partial charge is 0.389 e. The molecule has 0 bridgehead atoms. The monoisotopic (exact) mass is 278 g/mol. The van der Waals surface area contributed by atoms with Crippen LogP contribution in [0.25, 0.3) is 0 Å². The maximum Gasteiger partial charge on any atom is 0.226 e. The third kappa shape index (κ3) is 4.29. The lowest BCUT2D eigenvalue weighted by molar-refractivity contribution is -0.119. The number of hydrogen-bond acceptors (Lipinski definition) is 3. The van der Waals surface area contributed by atoms with Crippen LogP contribution in [0.5, 0.6) is 0 Å². The minimum atomic E-state index is -0.0352. The summed E-state index contributed by atoms with van der Waals surface area (Å²) in [5, 5.41) is 2.85. The first kappa shape index (κ1) is 14.0. The summed E-state index contributed by atoms with van der Waals surface area (Å²) in [4.78, 5) is 12.2. The highest BCUT2D eigenvalue weighted by molar-refractivity contribution is 7.80. The molecule has 0 radical (unpaired) electrons. The number of hydrogen-bond donors (Lipinski definition) is 2. The molecule has 1 atom stereocenters. The van der Waals surface area contributed by atoms with Gasteiger partial charge in [0.2, 0.25) is 5.91 Å². The van der Waals surface area contributed by atoms with Crippen molar-refractivity contribution in [3.8, 4) is 0 Å². The molecule has 1 unspecified atom stereocenters. The summed E-state index contributed by atoms with van der Waals surface area (Å²) in [6, 6.07) is 7.24. The normalized spacial score (nSPS) is 18.8. The van der Waals surface area contributed by atoms with Crippen LogP contribution in [0.4, 0.5) is 5.69 Å². The number of anilines is 1. The maximum atomic E-state index is 11.9. The second-order valence-electron chi connectivity index (χ2n) is 4.69. The van der Waals surface area contributed by atoms with E-state index in [1.54, 1.807) is 6.07 Å². The molecular weight excluding hydrogens is 260 g/mol. The first-order valence-corrected chi connectivity index (χ1v) is 6.87. The average Bonchev–Trinajstić information content (AvgIpc) is 2.40. The van der Waals surface area contributed by atoms with Gasteiger partial charge in [0.25, 0.3) is 0 Å². The SMILES string of the molecule is NC(=S)c1cccc(NC(=O)CC2CCCCO2)c1. The van der Waals surface area contributed by atoms with Crippen LogP contribution >= 0.6 is 12.2 Å². The van der Waals surface area contributed by atoms with E-state index in [0.717, 1.165) is 31.4 Å². The van der Waals surface area contributed by atoms with Crippen molar-refractivity contribution in [3.63, 3.8) is 0 Å². The summed E-state index contributed by atoms with van der Waals surface area (Å²) in [6.45, 7) is 0.759. The van der Waals surface area contributed by atoms with Gasteiger partial charge in [-0.05, 0) is 31.4 Å². The van der Waals surface area contributed by atoms with Crippen molar-refractivity contribution in [2.24, 2.45) is 5.73 Å². The highest BCUT2D eigenvalue weighted by Crippen LogP contribution is 2.17. The van der Waals surface area contributed by atoms with Gasteiger partial charge in [-0.25, -0.2) is 0 Å². The topological polar surface area (TPSA) is 64.3 Å². The number of ether oxygens (including phenoxy) is 1. The molecule has 102 valence electrons. The Labute approximate surface area is 118 Å². The first-order chi connectivity index (χ1) is 9.15. The molecule has 4 nitrogen and oxygen atoms in total. The zero-order chi connectivity index (χ0) is 13.7. The van der Waals surface area contributed by atoms with E-state index in [0.29, 0.717) is 17.1 Å². The number of nitrogens with one attached hydrogen (secondary N) is 1. The number of carbonyl (C=O) groups excluding carboxylic acids is 1. The van der Waals surface area contributed by atoms with Crippen LogP contribution in [0.15, 0.2) is 24.3 Å². The van der Waals surface area contributed by atoms with E-state index < -0.39 is 0 Å². The van der Waals surface area contributed by atoms with Crippen molar-refractivity contribution >= 4 is 28.8 Å². The molecule has 19 heavy (non-hydrogen) atoms. The van der Waals surface area contributed by atoms with Crippen molar-refractivity contribution in [2.45, 2.75) is 31.8 Å². The van der Waals surface area contributed by atoms with Gasteiger partial charge in [-0.15, -0.1) is 0 Å². The second-order valence-corrected chi connectivity index (χ2v) is 5.13. The van der Waals surface area contributed by atoms with Crippen LogP contribution in [-0.2, 0) is 9.53 Å². The van der Waals surface area contributed by atoms with E-state index in [-0.39, 0.29) is 12.0 Å². The molecule has 1 aromatic rings. The van der Waals surface area contributed by atoms with Crippen LogP contribution in [-0.4, -0.2) is 23.6 Å². The molecule has 3 N–H and O–H groups in total. The van der Waals surface area contributed by atoms with Gasteiger partial charge in [-0.3, -0.25) is 4.79 Å². The Morgan fingerprint density at radius 1 is 1.47 bits per heavy atom. The van der Waals surface area contributed by atoms with Crippen LogP contribution < -0.4 is 11.1 Å². The number of thiocarbonyl (C=S) groups is 1. The van der Waals surface area contributed by atoms with Crippen molar-refractivity contribution < 1.29 is 9.53 Å². The molecule has 5 heteroatoms. The van der Waals surface area contributed by atoms with E-state index in [1.807, 2.05) is 18.2 Å². The Kier molecular flexibility index (Phi) is 4.87. The average molecular weight is 278 g/mol. The third-order valence-corrected chi connectivity index (χ3v) is 3.35. The molecule has 1 aliphatic rings. The summed E-state index contributed by atoms with van der Waals surface area (Å²) in [7, 11) is 0. The molecule has 0 aliphatic carbocycles. The molecule has 2 rings (SSSR count). The Bertz CT molecular complexity index is 470. The van der Waals surface area contributed by atoms with E-state index in [1.165, 1.54) is 0 Å². The number of rotatable bonds is 4. The predicted molar refractivity (Wildman–Crippen MR) is 79.2 cm³/mol. The summed E-state index contributed by atoms with van der Waals surface area (Å²) >= 11 is 4.91. The lowest BCUT2D eigenvalue weighted by Crippen LogP contribution is -2.25. The molecule has 1 heterocycles. The second kappa shape index (κ2) is 6.63. The van der Waals surface area contributed by atoms with Gasteiger partial charge in [-0.1, -0.05) is 24.4 Å². The lowest BCUT2D eigenvalue weighted by Gasteiger charge is -2.21. The lowest BCUT2D eigenvalue weighted by atomic mass is 10.1. The molecule has 1 fully saturated rings. The van der Waals surface area contributed by atoms with Gasteiger partial charge in [0, 0.05) is 17.9 Å². The van der Waals surface area contributed by atoms with Gasteiger partial charge in [-0.2, -0.15) is 0 Å². The fourth-order valence-corrected chi connectivity index (χ4v) is 2.26. The Morgan fingerprint density at radius 2 is 2.32 bits per heavy atom. The third-order valence-electron chi connectivity index (χ3n) is 3.12. The fourth-order valence-electron chi connectivity index (χ4n) is 2.14. The maximum absolute atomic E-state index is 11.9. The standard InChI is InChI=1S/C14H18N2O2S/c15-14(19)10-4-3-5-11(8-10)16-13(17)9-12-6-1-2-7-18-12/h3-5,8,12H,1-2,6-7,9H2,(H2,15,19)(H,16,17). The van der Waals surface area contributed by atoms with Crippen molar-refractivity contribution in [3.05, 3.63) is 29.8 Å². The minimum Gasteiger partial charge on any atom is -0.389 e. The smallest absolute Gasteiger partial charge is 0.226 e. The number of carbonyl (C=O) groups is 1. The van der Waals surface area contributed by atoms with Gasteiger partial charge in [0.1, 0.15) is 4.99 Å². The van der Waals surface area contributed by atoms with Gasteiger partial charge in [0.15, 0.2) is 0 Å². The zero-order valence-electron chi connectivity index (χ0n) is 10.7. The van der Waals surface area contributed by atoms with Gasteiger partial charge < -0.3 is 15.8 Å². The number of amides is 1. The zero-order valence-corrected chi connectivity index (χ0v) is 11.5. The Morgan fingerprint density at radius 3 is 3.00 bits per heavy atom. The Hall–Kier alpha value is -1.46. The molecule has 0 spiro atoms. The van der Waals surface area contributed by atoms with Crippen LogP contribution in [0.3, 0.4) is 0 Å². The van der Waals surface area contributed by atoms with Crippen molar-refractivity contribution in [1.82, 2.24) is 0 Å². The summed E-state index contributed by atoms with van der Waals surface area (Å²) in [5.41, 5.74) is 7.03. The van der Waals surface area contributed by atoms with Crippen LogP contribution in [0, 0.1) is 0 Å². The van der Waals surface area contributed by atoms with Crippen LogP contribution in [0.1, 0.15) is 31.2 Å².